The van der Waals surface area contributed by atoms with E-state index in [1.807, 2.05) is 0 Å². The Labute approximate surface area is 84.8 Å². The second kappa shape index (κ2) is 4.51. The van der Waals surface area contributed by atoms with Crippen molar-refractivity contribution in [2.75, 3.05) is 0 Å². The van der Waals surface area contributed by atoms with Crippen molar-refractivity contribution in [1.29, 1.82) is 0 Å². The Hall–Kier alpha value is -1.96. The number of aliphatic carboxylic acids is 1. The van der Waals surface area contributed by atoms with Crippen molar-refractivity contribution in [2.24, 2.45) is 11.5 Å². The normalized spacial score (nSPS) is 12.3. The molecule has 0 spiro atoms. The molecular weight excluding hydrogens is 202 g/mol. The van der Waals surface area contributed by atoms with E-state index < -0.39 is 17.9 Å². The van der Waals surface area contributed by atoms with Gasteiger partial charge in [0.15, 0.2) is 0 Å². The maximum absolute atomic E-state index is 10.5. The molecule has 0 bridgehead atoms. The lowest BCUT2D eigenvalue weighted by Crippen LogP contribution is -2.32. The third-order valence-electron chi connectivity index (χ3n) is 1.65. The summed E-state index contributed by atoms with van der Waals surface area (Å²) in [4.78, 5) is 21.0. The van der Waals surface area contributed by atoms with Crippen molar-refractivity contribution >= 4 is 11.9 Å². The number of rotatable bonds is 5. The highest BCUT2D eigenvalue weighted by atomic mass is 16.4. The first kappa shape index (κ1) is 11.1. The second-order valence-electron chi connectivity index (χ2n) is 3.02. The quantitative estimate of drug-likeness (QED) is 0.503. The molecule has 1 rings (SSSR count). The fourth-order valence-electron chi connectivity index (χ4n) is 0.982. The Morgan fingerprint density at radius 1 is 1.60 bits per heavy atom. The van der Waals surface area contributed by atoms with Crippen molar-refractivity contribution in [3.05, 3.63) is 11.9 Å². The van der Waals surface area contributed by atoms with Crippen molar-refractivity contribution in [1.82, 2.24) is 15.0 Å². The minimum absolute atomic E-state index is 0.0636. The molecule has 5 N–H and O–H groups in total. The summed E-state index contributed by atoms with van der Waals surface area (Å²) in [6, 6.07) is -1.02. The molecule has 1 unspecified atom stereocenters. The van der Waals surface area contributed by atoms with Gasteiger partial charge >= 0.3 is 5.97 Å². The molecule has 1 heterocycles. The zero-order chi connectivity index (χ0) is 11.4. The number of primary amides is 1. The van der Waals surface area contributed by atoms with Crippen LogP contribution in [0.4, 0.5) is 0 Å². The Morgan fingerprint density at radius 3 is 2.80 bits per heavy atom. The van der Waals surface area contributed by atoms with E-state index in [4.69, 9.17) is 16.6 Å². The minimum atomic E-state index is -1.11. The zero-order valence-electron chi connectivity index (χ0n) is 7.83. The molecule has 0 fully saturated rings. The van der Waals surface area contributed by atoms with Crippen LogP contribution in [0, 0.1) is 0 Å². The molecule has 1 amide bonds. The number of carboxylic acids is 1. The predicted molar refractivity (Wildman–Crippen MR) is 48.5 cm³/mol. The summed E-state index contributed by atoms with van der Waals surface area (Å²) in [6.07, 6.45) is 1.50. The lowest BCUT2D eigenvalue weighted by Gasteiger charge is -2.01. The van der Waals surface area contributed by atoms with Gasteiger partial charge in [-0.1, -0.05) is 5.21 Å². The molecule has 82 valence electrons. The number of nitrogens with two attached hydrogens (primary N) is 2. The smallest absolute Gasteiger partial charge is 0.320 e. The highest BCUT2D eigenvalue weighted by Gasteiger charge is 2.14. The molecule has 0 radical (unpaired) electrons. The van der Waals surface area contributed by atoms with Gasteiger partial charge in [0, 0.05) is 12.6 Å². The van der Waals surface area contributed by atoms with Crippen molar-refractivity contribution in [3.63, 3.8) is 0 Å². The van der Waals surface area contributed by atoms with Gasteiger partial charge in [-0.15, -0.1) is 5.10 Å². The Bertz CT molecular complexity index is 374. The highest BCUT2D eigenvalue weighted by Crippen LogP contribution is 1.97. The zero-order valence-corrected chi connectivity index (χ0v) is 7.83. The first-order chi connectivity index (χ1) is 6.99. The number of amides is 1. The van der Waals surface area contributed by atoms with Gasteiger partial charge in [0.1, 0.15) is 12.6 Å². The predicted octanol–water partition coefficient (Wildman–Crippen LogP) is -2.28. The molecule has 0 aliphatic carbocycles. The van der Waals surface area contributed by atoms with E-state index in [-0.39, 0.29) is 13.0 Å². The molecular formula is C7H11N5O3. The number of carbonyl (C=O) groups excluding carboxylic acids is 1. The van der Waals surface area contributed by atoms with Crippen LogP contribution in [0.2, 0.25) is 0 Å². The van der Waals surface area contributed by atoms with Crippen LogP contribution < -0.4 is 11.5 Å². The van der Waals surface area contributed by atoms with Gasteiger partial charge in [-0.2, -0.15) is 0 Å². The van der Waals surface area contributed by atoms with Gasteiger partial charge in [-0.3, -0.25) is 9.59 Å². The van der Waals surface area contributed by atoms with E-state index in [2.05, 4.69) is 10.3 Å². The number of hydrogen-bond donors (Lipinski definition) is 3. The third kappa shape index (κ3) is 3.35. The number of carboxylic acid groups (broad SMARTS) is 1. The first-order valence-electron chi connectivity index (χ1n) is 4.14. The van der Waals surface area contributed by atoms with Crippen LogP contribution in [0.5, 0.6) is 0 Å². The lowest BCUT2D eigenvalue weighted by molar-refractivity contribution is -0.138. The minimum Gasteiger partial charge on any atom is -0.480 e. The average Bonchev–Trinajstić information content (AvgIpc) is 2.51. The van der Waals surface area contributed by atoms with E-state index in [1.165, 1.54) is 10.9 Å². The second-order valence-corrected chi connectivity index (χ2v) is 3.02. The van der Waals surface area contributed by atoms with Gasteiger partial charge in [-0.05, 0) is 0 Å². The monoisotopic (exact) mass is 213 g/mol. The molecule has 8 heteroatoms. The fourth-order valence-corrected chi connectivity index (χ4v) is 0.982. The van der Waals surface area contributed by atoms with Crippen LogP contribution in [0.15, 0.2) is 6.20 Å². The summed E-state index contributed by atoms with van der Waals surface area (Å²) < 4.78 is 1.23. The maximum Gasteiger partial charge on any atom is 0.320 e. The molecule has 15 heavy (non-hydrogen) atoms. The van der Waals surface area contributed by atoms with Crippen LogP contribution in [0.3, 0.4) is 0 Å². The number of nitrogens with zero attached hydrogens (tertiary/aromatic N) is 3. The molecule has 1 aromatic heterocycles. The van der Waals surface area contributed by atoms with Gasteiger partial charge in [0.2, 0.25) is 5.91 Å². The molecule has 0 saturated heterocycles. The average molecular weight is 213 g/mol. The van der Waals surface area contributed by atoms with Crippen molar-refractivity contribution in [2.45, 2.75) is 19.0 Å². The van der Waals surface area contributed by atoms with Crippen LogP contribution in [0.25, 0.3) is 0 Å². The first-order valence-corrected chi connectivity index (χ1v) is 4.14. The van der Waals surface area contributed by atoms with Crippen LogP contribution in [-0.2, 0) is 22.6 Å². The summed E-state index contributed by atoms with van der Waals surface area (Å²) in [5, 5.41) is 15.8. The molecule has 0 saturated carbocycles. The molecule has 1 atom stereocenters. The maximum atomic E-state index is 10.5. The summed E-state index contributed by atoms with van der Waals surface area (Å²) >= 11 is 0. The fraction of sp³-hybridized carbons (Fsp3) is 0.429. The molecule has 1 aromatic rings. The van der Waals surface area contributed by atoms with Crippen molar-refractivity contribution in [3.8, 4) is 0 Å². The molecule has 0 aliphatic rings. The number of hydrogen-bond acceptors (Lipinski definition) is 5. The van der Waals surface area contributed by atoms with Gasteiger partial charge in [0.05, 0.1) is 5.69 Å². The summed E-state index contributed by atoms with van der Waals surface area (Å²) in [6.45, 7) is -0.0880. The topological polar surface area (TPSA) is 137 Å². The number of aromatic nitrogens is 3. The number of carbonyl (C=O) groups is 2. The molecule has 8 nitrogen and oxygen atoms in total. The van der Waals surface area contributed by atoms with Crippen molar-refractivity contribution < 1.29 is 14.7 Å². The van der Waals surface area contributed by atoms with Gasteiger partial charge < -0.3 is 16.6 Å². The van der Waals surface area contributed by atoms with Crippen LogP contribution in [-0.4, -0.2) is 38.0 Å². The molecule has 0 aliphatic heterocycles. The third-order valence-corrected chi connectivity index (χ3v) is 1.65. The summed E-state index contributed by atoms with van der Waals surface area (Å²) in [7, 11) is 0. The van der Waals surface area contributed by atoms with E-state index in [0.717, 1.165) is 0 Å². The van der Waals surface area contributed by atoms with E-state index in [1.54, 1.807) is 0 Å². The highest BCUT2D eigenvalue weighted by molar-refractivity contribution is 5.73. The Kier molecular flexibility index (Phi) is 3.34. The van der Waals surface area contributed by atoms with Gasteiger partial charge in [-0.25, -0.2) is 4.68 Å². The summed E-state index contributed by atoms with van der Waals surface area (Å²) in [5.74, 6) is -1.66. The van der Waals surface area contributed by atoms with Crippen LogP contribution in [0.1, 0.15) is 5.69 Å². The summed E-state index contributed by atoms with van der Waals surface area (Å²) in [5.41, 5.74) is 10.6. The van der Waals surface area contributed by atoms with Gasteiger partial charge in [0.25, 0.3) is 0 Å². The largest absolute Gasteiger partial charge is 0.480 e. The van der Waals surface area contributed by atoms with E-state index >= 15 is 0 Å². The lowest BCUT2D eigenvalue weighted by atomic mass is 10.2. The van der Waals surface area contributed by atoms with Crippen LogP contribution >= 0.6 is 0 Å². The molecule has 0 aromatic carbocycles. The standard InChI is InChI=1S/C7H11N5O3/c8-5(7(14)15)1-4-2-12(11-10-4)3-6(9)13/h2,5H,1,3,8H2,(H2,9,13)(H,14,15). The van der Waals surface area contributed by atoms with E-state index in [0.29, 0.717) is 5.69 Å². The Morgan fingerprint density at radius 2 is 2.27 bits per heavy atom. The SMILES string of the molecule is NC(=O)Cn1cc(CC(N)C(=O)O)nn1. The Balaban J connectivity index is 2.60. The van der Waals surface area contributed by atoms with E-state index in [9.17, 15) is 9.59 Å².